The summed E-state index contributed by atoms with van der Waals surface area (Å²) in [5.74, 6) is -1.65. The van der Waals surface area contributed by atoms with Crippen LogP contribution in [0.4, 0.5) is 13.2 Å². The molecule has 24 heavy (non-hydrogen) atoms. The number of aromatic nitrogens is 2. The highest BCUT2D eigenvalue weighted by Crippen LogP contribution is 2.30. The maximum atomic E-state index is 12.5. The Hall–Kier alpha value is -2.42. The van der Waals surface area contributed by atoms with Gasteiger partial charge in [-0.25, -0.2) is 5.06 Å². The number of amides is 1. The van der Waals surface area contributed by atoms with E-state index >= 15 is 0 Å². The number of halogens is 3. The summed E-state index contributed by atoms with van der Waals surface area (Å²) in [6, 6.07) is 6.46. The molecular formula is C15H14F3N3O3. The molecule has 0 N–H and O–H groups in total. The largest absolute Gasteiger partial charge is 0.471 e. The van der Waals surface area contributed by atoms with Crippen LogP contribution in [0.1, 0.15) is 31.7 Å². The van der Waals surface area contributed by atoms with Crippen LogP contribution in [-0.4, -0.2) is 26.7 Å². The van der Waals surface area contributed by atoms with E-state index in [1.807, 2.05) is 13.8 Å². The summed E-state index contributed by atoms with van der Waals surface area (Å²) < 4.78 is 41.6. The van der Waals surface area contributed by atoms with Crippen LogP contribution in [-0.2, 0) is 22.4 Å². The fourth-order valence-electron chi connectivity index (χ4n) is 2.34. The molecule has 1 saturated heterocycles. The average Bonchev–Trinajstić information content (AvgIpc) is 3.04. The zero-order valence-corrected chi connectivity index (χ0v) is 12.9. The molecule has 0 bridgehead atoms. The van der Waals surface area contributed by atoms with Gasteiger partial charge >= 0.3 is 12.1 Å². The Kier molecular flexibility index (Phi) is 3.83. The number of hydroxylamine groups is 2. The molecule has 3 rings (SSSR count). The maximum absolute atomic E-state index is 12.5. The molecule has 0 saturated carbocycles. The lowest BCUT2D eigenvalue weighted by Gasteiger charge is -2.19. The predicted molar refractivity (Wildman–Crippen MR) is 75.1 cm³/mol. The smallest absolute Gasteiger partial charge is 0.329 e. The maximum Gasteiger partial charge on any atom is 0.471 e. The lowest BCUT2D eigenvalue weighted by atomic mass is 10.1. The fraction of sp³-hybridized carbons (Fsp3) is 0.400. The van der Waals surface area contributed by atoms with Gasteiger partial charge in [0.1, 0.15) is 0 Å². The van der Waals surface area contributed by atoms with Crippen molar-refractivity contribution in [2.45, 2.75) is 38.6 Å². The number of carbonyl (C=O) groups is 1. The topological polar surface area (TPSA) is 68.5 Å². The first kappa shape index (κ1) is 16.4. The summed E-state index contributed by atoms with van der Waals surface area (Å²) >= 11 is 0. The Morgan fingerprint density at radius 3 is 2.42 bits per heavy atom. The van der Waals surface area contributed by atoms with E-state index in [1.165, 1.54) is 5.06 Å². The summed E-state index contributed by atoms with van der Waals surface area (Å²) in [6.45, 7) is 3.90. The molecule has 0 spiro atoms. The molecule has 2 heterocycles. The molecule has 6 nitrogen and oxygen atoms in total. The molecule has 1 aliphatic rings. The van der Waals surface area contributed by atoms with E-state index < -0.39 is 17.7 Å². The minimum Gasteiger partial charge on any atom is -0.329 e. The molecule has 128 valence electrons. The van der Waals surface area contributed by atoms with Crippen molar-refractivity contribution in [2.24, 2.45) is 0 Å². The number of nitrogens with zero attached hydrogens (tertiary/aromatic N) is 3. The van der Waals surface area contributed by atoms with Crippen molar-refractivity contribution in [1.29, 1.82) is 0 Å². The van der Waals surface area contributed by atoms with Crippen molar-refractivity contribution in [3.63, 3.8) is 0 Å². The Balaban J connectivity index is 1.72. The lowest BCUT2D eigenvalue weighted by Crippen LogP contribution is -2.25. The van der Waals surface area contributed by atoms with Gasteiger partial charge in [-0.3, -0.25) is 9.63 Å². The lowest BCUT2D eigenvalue weighted by molar-refractivity contribution is -0.195. The summed E-state index contributed by atoms with van der Waals surface area (Å²) in [6.07, 6.45) is -4.38. The third kappa shape index (κ3) is 3.40. The van der Waals surface area contributed by atoms with Gasteiger partial charge in [-0.2, -0.15) is 18.2 Å². The van der Waals surface area contributed by atoms with Gasteiger partial charge in [-0.05, 0) is 19.4 Å². The van der Waals surface area contributed by atoms with Crippen molar-refractivity contribution in [3.05, 3.63) is 35.7 Å². The van der Waals surface area contributed by atoms with E-state index in [0.29, 0.717) is 12.0 Å². The zero-order valence-electron chi connectivity index (χ0n) is 12.9. The van der Waals surface area contributed by atoms with Crippen LogP contribution < -0.4 is 0 Å². The van der Waals surface area contributed by atoms with E-state index in [1.54, 1.807) is 24.3 Å². The molecule has 1 aromatic carbocycles. The highest BCUT2D eigenvalue weighted by atomic mass is 19.4. The normalized spacial score (nSPS) is 17.5. The number of alkyl halides is 3. The SMILES string of the molecule is CC1(C)CC(=O)N(Cc2ccc(-c3noc(C(F)(F)F)n3)cc2)O1. The van der Waals surface area contributed by atoms with E-state index in [9.17, 15) is 18.0 Å². The highest BCUT2D eigenvalue weighted by molar-refractivity contribution is 5.77. The van der Waals surface area contributed by atoms with Crippen molar-refractivity contribution in [1.82, 2.24) is 15.2 Å². The van der Waals surface area contributed by atoms with Gasteiger partial charge in [0, 0.05) is 5.56 Å². The molecule has 0 aliphatic carbocycles. The van der Waals surface area contributed by atoms with Gasteiger partial charge < -0.3 is 4.52 Å². The van der Waals surface area contributed by atoms with Gasteiger partial charge in [0.25, 0.3) is 0 Å². The van der Waals surface area contributed by atoms with Crippen LogP contribution in [0.2, 0.25) is 0 Å². The first-order valence-electron chi connectivity index (χ1n) is 7.14. The number of benzene rings is 1. The fourth-order valence-corrected chi connectivity index (χ4v) is 2.34. The Bertz CT molecular complexity index is 753. The number of rotatable bonds is 3. The quantitative estimate of drug-likeness (QED) is 0.857. The molecule has 0 atom stereocenters. The highest BCUT2D eigenvalue weighted by Gasteiger charge is 2.39. The summed E-state index contributed by atoms with van der Waals surface area (Å²) in [5, 5.41) is 4.60. The van der Waals surface area contributed by atoms with Crippen molar-refractivity contribution in [2.75, 3.05) is 0 Å². The van der Waals surface area contributed by atoms with Crippen LogP contribution in [0.5, 0.6) is 0 Å². The monoisotopic (exact) mass is 341 g/mol. The summed E-state index contributed by atoms with van der Waals surface area (Å²) in [4.78, 5) is 20.7. The molecular weight excluding hydrogens is 327 g/mol. The first-order chi connectivity index (χ1) is 11.1. The molecule has 9 heteroatoms. The first-order valence-corrected chi connectivity index (χ1v) is 7.14. The zero-order chi connectivity index (χ0) is 17.5. The van der Waals surface area contributed by atoms with Gasteiger partial charge in [0.2, 0.25) is 11.7 Å². The molecule has 0 unspecified atom stereocenters. The summed E-state index contributed by atoms with van der Waals surface area (Å²) in [7, 11) is 0. The van der Waals surface area contributed by atoms with Crippen LogP contribution in [0.3, 0.4) is 0 Å². The van der Waals surface area contributed by atoms with Gasteiger partial charge in [-0.15, -0.1) is 0 Å². The van der Waals surface area contributed by atoms with Gasteiger partial charge in [0.15, 0.2) is 0 Å². The number of hydrogen-bond donors (Lipinski definition) is 0. The molecule has 1 fully saturated rings. The predicted octanol–water partition coefficient (Wildman–Crippen LogP) is 3.20. The van der Waals surface area contributed by atoms with E-state index in [4.69, 9.17) is 4.84 Å². The van der Waals surface area contributed by atoms with Crippen molar-refractivity contribution >= 4 is 5.91 Å². The minimum atomic E-state index is -4.68. The van der Waals surface area contributed by atoms with Crippen LogP contribution in [0.25, 0.3) is 11.4 Å². The van der Waals surface area contributed by atoms with Gasteiger partial charge in [-0.1, -0.05) is 29.4 Å². The molecule has 1 aliphatic heterocycles. The minimum absolute atomic E-state index is 0.114. The molecule has 2 aromatic rings. The molecule has 0 radical (unpaired) electrons. The van der Waals surface area contributed by atoms with Crippen LogP contribution in [0.15, 0.2) is 28.8 Å². The Morgan fingerprint density at radius 1 is 1.25 bits per heavy atom. The second-order valence-corrected chi connectivity index (χ2v) is 6.08. The Labute approximate surface area is 135 Å². The second-order valence-electron chi connectivity index (χ2n) is 6.08. The van der Waals surface area contributed by atoms with E-state index in [0.717, 1.165) is 5.56 Å². The van der Waals surface area contributed by atoms with Gasteiger partial charge in [0.05, 0.1) is 18.6 Å². The van der Waals surface area contributed by atoms with Crippen molar-refractivity contribution in [3.8, 4) is 11.4 Å². The average molecular weight is 341 g/mol. The van der Waals surface area contributed by atoms with E-state index in [-0.39, 0.29) is 18.3 Å². The third-order valence-electron chi connectivity index (χ3n) is 3.42. The van der Waals surface area contributed by atoms with Crippen LogP contribution in [0, 0.1) is 0 Å². The molecule has 1 aromatic heterocycles. The third-order valence-corrected chi connectivity index (χ3v) is 3.42. The Morgan fingerprint density at radius 2 is 1.92 bits per heavy atom. The summed E-state index contributed by atoms with van der Waals surface area (Å²) in [5.41, 5.74) is 0.617. The number of hydrogen-bond acceptors (Lipinski definition) is 5. The molecule has 1 amide bonds. The standard InChI is InChI=1S/C15H14F3N3O3/c1-14(2)7-11(22)21(24-14)8-9-3-5-10(6-4-9)12-19-13(23-20-12)15(16,17)18/h3-6H,7-8H2,1-2H3. The van der Waals surface area contributed by atoms with E-state index in [2.05, 4.69) is 14.7 Å². The second kappa shape index (κ2) is 5.59. The van der Waals surface area contributed by atoms with Crippen LogP contribution >= 0.6 is 0 Å². The number of carbonyl (C=O) groups excluding carboxylic acids is 1. The van der Waals surface area contributed by atoms with Crippen molar-refractivity contribution < 1.29 is 27.3 Å².